The van der Waals surface area contributed by atoms with Crippen LogP contribution >= 0.6 is 0 Å². The smallest absolute Gasteiger partial charge is 0.0594 e. The van der Waals surface area contributed by atoms with Gasteiger partial charge in [-0.05, 0) is 57.3 Å². The summed E-state index contributed by atoms with van der Waals surface area (Å²) in [5.74, 6) is 0. The molecule has 3 aliphatic heterocycles. The molecule has 3 heterocycles. The van der Waals surface area contributed by atoms with Crippen LogP contribution in [0.3, 0.4) is 0 Å². The van der Waals surface area contributed by atoms with Crippen LogP contribution in [0.1, 0.15) is 37.8 Å². The minimum absolute atomic E-state index is 0.251. The second kappa shape index (κ2) is 7.97. The Bertz CT molecular complexity index is 589. The van der Waals surface area contributed by atoms with Gasteiger partial charge in [-0.25, -0.2) is 0 Å². The highest BCUT2D eigenvalue weighted by molar-refractivity contribution is 5.29. The van der Waals surface area contributed by atoms with E-state index in [2.05, 4.69) is 52.8 Å². The molecular formula is C22H35N3O. The van der Waals surface area contributed by atoms with Crippen molar-refractivity contribution >= 4 is 0 Å². The largest absolute Gasteiger partial charge is 0.379 e. The van der Waals surface area contributed by atoms with Gasteiger partial charge in [0, 0.05) is 44.3 Å². The van der Waals surface area contributed by atoms with Crippen LogP contribution in [0.5, 0.6) is 0 Å². The molecule has 0 atom stereocenters. The topological polar surface area (TPSA) is 19.0 Å². The molecule has 0 N–H and O–H groups in total. The molecule has 3 aliphatic rings. The number of benzene rings is 1. The van der Waals surface area contributed by atoms with Crippen LogP contribution < -0.4 is 0 Å². The number of hydrogen-bond acceptors (Lipinski definition) is 4. The summed E-state index contributed by atoms with van der Waals surface area (Å²) in [5.41, 5.74) is 3.36. The molecule has 0 radical (unpaired) electrons. The van der Waals surface area contributed by atoms with Gasteiger partial charge in [0.05, 0.1) is 13.2 Å². The Morgan fingerprint density at radius 1 is 0.962 bits per heavy atom. The molecule has 144 valence electrons. The van der Waals surface area contributed by atoms with Gasteiger partial charge < -0.3 is 9.64 Å². The van der Waals surface area contributed by atoms with Gasteiger partial charge in [0.1, 0.15) is 0 Å². The molecule has 4 rings (SSSR count). The van der Waals surface area contributed by atoms with Crippen molar-refractivity contribution in [2.45, 2.75) is 51.2 Å². The van der Waals surface area contributed by atoms with Crippen molar-refractivity contribution in [3.05, 3.63) is 35.4 Å². The first-order valence-corrected chi connectivity index (χ1v) is 10.5. The summed E-state index contributed by atoms with van der Waals surface area (Å²) in [6, 6.07) is 9.78. The molecule has 0 bridgehead atoms. The van der Waals surface area contributed by atoms with E-state index in [1.165, 1.54) is 45.4 Å². The van der Waals surface area contributed by atoms with Crippen molar-refractivity contribution < 1.29 is 4.74 Å². The fourth-order valence-corrected chi connectivity index (χ4v) is 5.09. The van der Waals surface area contributed by atoms with Crippen LogP contribution in [0, 0.1) is 0 Å². The molecule has 26 heavy (non-hydrogen) atoms. The number of rotatable bonds is 4. The van der Waals surface area contributed by atoms with E-state index < -0.39 is 0 Å². The molecule has 2 fully saturated rings. The molecule has 1 aromatic rings. The highest BCUT2D eigenvalue weighted by atomic mass is 16.5. The van der Waals surface area contributed by atoms with Crippen LogP contribution in [0.15, 0.2) is 24.3 Å². The lowest BCUT2D eigenvalue weighted by Crippen LogP contribution is -2.57. The summed E-state index contributed by atoms with van der Waals surface area (Å²) in [6.07, 6.45) is 3.86. The molecule has 1 aromatic carbocycles. The van der Waals surface area contributed by atoms with Gasteiger partial charge >= 0.3 is 0 Å². The number of likely N-dealkylation sites (tertiary alicyclic amines) is 1. The minimum atomic E-state index is 0.251. The summed E-state index contributed by atoms with van der Waals surface area (Å²) < 4.78 is 5.53. The second-order valence-corrected chi connectivity index (χ2v) is 8.91. The SMILES string of the molecule is CC(C)(CN1CCC(N2CCc3ccccc3C2)CC1)N1CCOCC1. The monoisotopic (exact) mass is 357 g/mol. The molecule has 2 saturated heterocycles. The highest BCUT2D eigenvalue weighted by Gasteiger charge is 2.33. The maximum atomic E-state index is 5.53. The van der Waals surface area contributed by atoms with E-state index >= 15 is 0 Å². The van der Waals surface area contributed by atoms with E-state index in [4.69, 9.17) is 4.74 Å². The Kier molecular flexibility index (Phi) is 5.65. The van der Waals surface area contributed by atoms with Crippen molar-refractivity contribution in [1.29, 1.82) is 0 Å². The van der Waals surface area contributed by atoms with Gasteiger partial charge in [0.25, 0.3) is 0 Å². The highest BCUT2D eigenvalue weighted by Crippen LogP contribution is 2.26. The van der Waals surface area contributed by atoms with E-state index in [1.54, 1.807) is 11.1 Å². The number of ether oxygens (including phenoxy) is 1. The van der Waals surface area contributed by atoms with E-state index in [-0.39, 0.29) is 5.54 Å². The standard InChI is InChI=1S/C22H35N3O/c1-22(2,25-13-15-26-16-14-25)18-23-10-8-21(9-11-23)24-12-7-19-5-3-4-6-20(19)17-24/h3-6,21H,7-18H2,1-2H3. The molecule has 0 aliphatic carbocycles. The molecule has 0 aromatic heterocycles. The number of piperidine rings is 1. The summed E-state index contributed by atoms with van der Waals surface area (Å²) >= 11 is 0. The van der Waals surface area contributed by atoms with E-state index in [9.17, 15) is 0 Å². The van der Waals surface area contributed by atoms with Crippen LogP contribution in [0.25, 0.3) is 0 Å². The average molecular weight is 358 g/mol. The maximum absolute atomic E-state index is 5.53. The first-order chi connectivity index (χ1) is 12.6. The molecule has 0 saturated carbocycles. The average Bonchev–Trinajstić information content (AvgIpc) is 2.69. The van der Waals surface area contributed by atoms with Crippen LogP contribution in [-0.2, 0) is 17.7 Å². The third kappa shape index (κ3) is 4.14. The lowest BCUT2D eigenvalue weighted by atomic mass is 9.94. The molecule has 0 unspecified atom stereocenters. The van der Waals surface area contributed by atoms with Crippen molar-refractivity contribution in [2.75, 3.05) is 52.5 Å². The molecular weight excluding hydrogens is 322 g/mol. The van der Waals surface area contributed by atoms with Gasteiger partial charge in [-0.3, -0.25) is 9.80 Å². The Balaban J connectivity index is 1.28. The van der Waals surface area contributed by atoms with Crippen molar-refractivity contribution in [1.82, 2.24) is 14.7 Å². The van der Waals surface area contributed by atoms with Gasteiger partial charge in [0.15, 0.2) is 0 Å². The van der Waals surface area contributed by atoms with Gasteiger partial charge in [-0.1, -0.05) is 24.3 Å². The number of morpholine rings is 1. The summed E-state index contributed by atoms with van der Waals surface area (Å²) in [4.78, 5) is 8.06. The number of hydrogen-bond donors (Lipinski definition) is 0. The third-order valence-corrected chi connectivity index (χ3v) is 6.71. The molecule has 4 nitrogen and oxygen atoms in total. The van der Waals surface area contributed by atoms with Gasteiger partial charge in [0.2, 0.25) is 0 Å². The second-order valence-electron chi connectivity index (χ2n) is 8.91. The van der Waals surface area contributed by atoms with Crippen molar-refractivity contribution in [3.63, 3.8) is 0 Å². The fourth-order valence-electron chi connectivity index (χ4n) is 5.09. The van der Waals surface area contributed by atoms with Gasteiger partial charge in [-0.15, -0.1) is 0 Å². The third-order valence-electron chi connectivity index (χ3n) is 6.71. The first kappa shape index (κ1) is 18.4. The molecule has 0 spiro atoms. The van der Waals surface area contributed by atoms with E-state index in [0.717, 1.165) is 38.9 Å². The zero-order valence-corrected chi connectivity index (χ0v) is 16.6. The van der Waals surface area contributed by atoms with Crippen LogP contribution in [-0.4, -0.2) is 78.8 Å². The maximum Gasteiger partial charge on any atom is 0.0594 e. The summed E-state index contributed by atoms with van der Waals surface area (Å²) in [7, 11) is 0. The minimum Gasteiger partial charge on any atom is -0.379 e. The summed E-state index contributed by atoms with van der Waals surface area (Å²) in [5, 5.41) is 0. The first-order valence-electron chi connectivity index (χ1n) is 10.5. The van der Waals surface area contributed by atoms with Crippen molar-refractivity contribution in [2.24, 2.45) is 0 Å². The van der Waals surface area contributed by atoms with E-state index in [1.807, 2.05) is 0 Å². The quantitative estimate of drug-likeness (QED) is 0.824. The Labute approximate surface area is 159 Å². The Hall–Kier alpha value is -0.940. The summed E-state index contributed by atoms with van der Waals surface area (Å²) in [6.45, 7) is 14.8. The fraction of sp³-hybridized carbons (Fsp3) is 0.727. The lowest BCUT2D eigenvalue weighted by Gasteiger charge is -2.46. The zero-order chi connectivity index (χ0) is 18.0. The lowest BCUT2D eigenvalue weighted by molar-refractivity contribution is -0.0265. The van der Waals surface area contributed by atoms with Crippen molar-refractivity contribution in [3.8, 4) is 0 Å². The Morgan fingerprint density at radius 3 is 2.38 bits per heavy atom. The predicted octanol–water partition coefficient (Wildman–Crippen LogP) is 2.62. The predicted molar refractivity (Wildman–Crippen MR) is 106 cm³/mol. The van der Waals surface area contributed by atoms with E-state index in [0.29, 0.717) is 0 Å². The molecule has 4 heteroatoms. The van der Waals surface area contributed by atoms with Crippen LogP contribution in [0.4, 0.5) is 0 Å². The van der Waals surface area contributed by atoms with Crippen LogP contribution in [0.2, 0.25) is 0 Å². The number of fused-ring (bicyclic) bond motifs is 1. The Morgan fingerprint density at radius 2 is 1.65 bits per heavy atom. The number of nitrogens with zero attached hydrogens (tertiary/aromatic N) is 3. The zero-order valence-electron chi connectivity index (χ0n) is 16.6. The normalized spacial score (nSPS) is 24.5. The molecule has 0 amide bonds. The van der Waals surface area contributed by atoms with Gasteiger partial charge in [-0.2, -0.15) is 0 Å².